The number of hydrazone groups is 1. The molecule has 7 heteroatoms. The summed E-state index contributed by atoms with van der Waals surface area (Å²) < 4.78 is 5.17. The summed E-state index contributed by atoms with van der Waals surface area (Å²) in [5.74, 6) is 0.782. The number of thiazole rings is 1. The van der Waals surface area contributed by atoms with E-state index in [1.54, 1.807) is 23.7 Å². The lowest BCUT2D eigenvalue weighted by Gasteiger charge is -2.03. The van der Waals surface area contributed by atoms with Crippen LogP contribution in [0.5, 0.6) is 5.75 Å². The molecule has 0 fully saturated rings. The first-order valence-electron chi connectivity index (χ1n) is 6.48. The predicted octanol–water partition coefficient (Wildman–Crippen LogP) is 2.88. The van der Waals surface area contributed by atoms with Gasteiger partial charge < -0.3 is 10.5 Å². The predicted molar refractivity (Wildman–Crippen MR) is 84.7 cm³/mol. The lowest BCUT2D eigenvalue weighted by Crippen LogP contribution is -2.06. The second-order valence-electron chi connectivity index (χ2n) is 4.24. The smallest absolute Gasteiger partial charge is 0.311 e. The number of nitrogens with two attached hydrogens (primary N) is 1. The number of hydrogen-bond donors (Lipinski definition) is 2. The fourth-order valence-corrected chi connectivity index (χ4v) is 2.06. The van der Waals surface area contributed by atoms with Gasteiger partial charge in [-0.3, -0.25) is 10.2 Å². The topological polar surface area (TPSA) is 89.6 Å². The van der Waals surface area contributed by atoms with Crippen LogP contribution in [0.25, 0.3) is 0 Å². The molecule has 0 bridgehead atoms. The van der Waals surface area contributed by atoms with Crippen LogP contribution < -0.4 is 15.9 Å². The van der Waals surface area contributed by atoms with Crippen LogP contribution in [-0.2, 0) is 4.79 Å². The van der Waals surface area contributed by atoms with Crippen molar-refractivity contribution in [3.05, 3.63) is 35.2 Å². The van der Waals surface area contributed by atoms with E-state index in [0.717, 1.165) is 12.0 Å². The highest BCUT2D eigenvalue weighted by atomic mass is 32.1. The molecule has 2 aromatic rings. The van der Waals surface area contributed by atoms with Gasteiger partial charge in [-0.15, -0.1) is 11.3 Å². The Hall–Kier alpha value is -2.41. The van der Waals surface area contributed by atoms with Gasteiger partial charge in [-0.1, -0.05) is 6.92 Å². The van der Waals surface area contributed by atoms with Crippen LogP contribution in [0, 0.1) is 0 Å². The van der Waals surface area contributed by atoms with E-state index in [4.69, 9.17) is 10.5 Å². The van der Waals surface area contributed by atoms with Gasteiger partial charge >= 0.3 is 5.97 Å². The molecule has 0 saturated heterocycles. The Morgan fingerprint density at radius 3 is 2.86 bits per heavy atom. The van der Waals surface area contributed by atoms with E-state index < -0.39 is 0 Å². The fourth-order valence-electron chi connectivity index (χ4n) is 1.51. The van der Waals surface area contributed by atoms with E-state index >= 15 is 0 Å². The van der Waals surface area contributed by atoms with Crippen LogP contribution in [-0.4, -0.2) is 17.2 Å². The number of aromatic nitrogens is 1. The number of ether oxygens (including phenoxy) is 1. The molecular formula is C14H16N4O2S. The molecule has 0 radical (unpaired) electrons. The Bertz CT molecular complexity index is 622. The van der Waals surface area contributed by atoms with Crippen LogP contribution in [0.4, 0.5) is 10.9 Å². The quantitative estimate of drug-likeness (QED) is 0.371. The molecule has 0 saturated carbocycles. The molecule has 0 aliphatic carbocycles. The molecule has 2 rings (SSSR count). The third kappa shape index (κ3) is 4.88. The molecule has 1 aromatic carbocycles. The Morgan fingerprint density at radius 1 is 1.48 bits per heavy atom. The van der Waals surface area contributed by atoms with Crippen molar-refractivity contribution in [2.24, 2.45) is 5.10 Å². The van der Waals surface area contributed by atoms with Crippen molar-refractivity contribution in [3.63, 3.8) is 0 Å². The first-order valence-corrected chi connectivity index (χ1v) is 7.36. The zero-order valence-corrected chi connectivity index (χ0v) is 12.4. The van der Waals surface area contributed by atoms with Crippen molar-refractivity contribution in [2.45, 2.75) is 19.8 Å². The van der Waals surface area contributed by atoms with Crippen LogP contribution in [0.1, 0.15) is 25.3 Å². The molecule has 0 amide bonds. The zero-order valence-electron chi connectivity index (χ0n) is 11.6. The van der Waals surface area contributed by atoms with Gasteiger partial charge in [0.1, 0.15) is 11.6 Å². The van der Waals surface area contributed by atoms with Gasteiger partial charge in [-0.05, 0) is 36.2 Å². The summed E-state index contributed by atoms with van der Waals surface area (Å²) in [4.78, 5) is 15.4. The van der Waals surface area contributed by atoms with Crippen LogP contribution in [0.3, 0.4) is 0 Å². The van der Waals surface area contributed by atoms with Crippen LogP contribution >= 0.6 is 11.3 Å². The molecule has 110 valence electrons. The number of benzene rings is 1. The summed E-state index contributed by atoms with van der Waals surface area (Å²) in [5, 5.41) is 6.42. The van der Waals surface area contributed by atoms with E-state index in [-0.39, 0.29) is 5.97 Å². The zero-order chi connectivity index (χ0) is 15.1. The number of carbonyl (C=O) groups is 1. The molecule has 1 aromatic heterocycles. The summed E-state index contributed by atoms with van der Waals surface area (Å²) in [6.45, 7) is 1.93. The number of rotatable bonds is 6. The molecule has 3 N–H and O–H groups in total. The van der Waals surface area contributed by atoms with Gasteiger partial charge in [0.15, 0.2) is 0 Å². The highest BCUT2D eigenvalue weighted by Crippen LogP contribution is 2.16. The van der Waals surface area contributed by atoms with E-state index in [9.17, 15) is 4.79 Å². The Labute approximate surface area is 126 Å². The fraction of sp³-hybridized carbons (Fsp3) is 0.214. The summed E-state index contributed by atoms with van der Waals surface area (Å²) in [6.07, 6.45) is 2.84. The van der Waals surface area contributed by atoms with Gasteiger partial charge in [0, 0.05) is 11.8 Å². The standard InChI is InChI=1S/C14H16N4O2S/c1-2-3-13(19)20-11-6-4-10(5-7-11)8-16-18-14-17-12(15)9-21-14/h4-9H,2-3,15H2,1H3,(H,17,18). The summed E-state index contributed by atoms with van der Waals surface area (Å²) in [6, 6.07) is 7.10. The maximum Gasteiger partial charge on any atom is 0.311 e. The number of carbonyl (C=O) groups excluding carboxylic acids is 1. The van der Waals surface area contributed by atoms with E-state index in [0.29, 0.717) is 23.1 Å². The minimum Gasteiger partial charge on any atom is -0.427 e. The summed E-state index contributed by atoms with van der Waals surface area (Å²) in [7, 11) is 0. The van der Waals surface area contributed by atoms with Crippen LogP contribution in [0.15, 0.2) is 34.7 Å². The number of esters is 1. The van der Waals surface area contributed by atoms with Crippen molar-refractivity contribution in [1.29, 1.82) is 0 Å². The minimum atomic E-state index is -0.220. The van der Waals surface area contributed by atoms with E-state index in [1.165, 1.54) is 11.3 Å². The SMILES string of the molecule is CCCC(=O)Oc1ccc(C=NNc2nc(N)cs2)cc1. The van der Waals surface area contributed by atoms with E-state index in [1.807, 2.05) is 19.1 Å². The minimum absolute atomic E-state index is 0.220. The Balaban J connectivity index is 1.88. The van der Waals surface area contributed by atoms with Crippen molar-refractivity contribution in [1.82, 2.24) is 4.98 Å². The van der Waals surface area contributed by atoms with Crippen molar-refractivity contribution < 1.29 is 9.53 Å². The van der Waals surface area contributed by atoms with Crippen molar-refractivity contribution in [3.8, 4) is 5.75 Å². The average Bonchev–Trinajstić information content (AvgIpc) is 2.87. The second-order valence-corrected chi connectivity index (χ2v) is 5.10. The lowest BCUT2D eigenvalue weighted by atomic mass is 10.2. The van der Waals surface area contributed by atoms with E-state index in [2.05, 4.69) is 15.5 Å². The number of anilines is 2. The number of nitrogens with one attached hydrogen (secondary N) is 1. The Kier molecular flexibility index (Phi) is 5.28. The largest absolute Gasteiger partial charge is 0.427 e. The average molecular weight is 304 g/mol. The molecule has 0 spiro atoms. The molecule has 0 aliphatic heterocycles. The van der Waals surface area contributed by atoms with Gasteiger partial charge in [0.25, 0.3) is 0 Å². The van der Waals surface area contributed by atoms with Crippen LogP contribution in [0.2, 0.25) is 0 Å². The van der Waals surface area contributed by atoms with Gasteiger partial charge in [0.2, 0.25) is 5.13 Å². The lowest BCUT2D eigenvalue weighted by molar-refractivity contribution is -0.134. The molecule has 0 aliphatic rings. The number of hydrogen-bond acceptors (Lipinski definition) is 7. The first-order chi connectivity index (χ1) is 10.2. The van der Waals surface area contributed by atoms with Crippen molar-refractivity contribution >= 4 is 34.5 Å². The third-order valence-electron chi connectivity index (χ3n) is 2.46. The summed E-state index contributed by atoms with van der Waals surface area (Å²) in [5.41, 5.74) is 9.17. The van der Waals surface area contributed by atoms with Gasteiger partial charge in [-0.25, -0.2) is 4.98 Å². The highest BCUT2D eigenvalue weighted by molar-refractivity contribution is 7.14. The monoisotopic (exact) mass is 304 g/mol. The highest BCUT2D eigenvalue weighted by Gasteiger charge is 2.02. The third-order valence-corrected chi connectivity index (χ3v) is 3.23. The normalized spacial score (nSPS) is 10.7. The molecule has 6 nitrogen and oxygen atoms in total. The first kappa shape index (κ1) is 15.0. The maximum absolute atomic E-state index is 11.4. The van der Waals surface area contributed by atoms with Gasteiger partial charge in [-0.2, -0.15) is 5.10 Å². The molecule has 0 unspecified atom stereocenters. The summed E-state index contributed by atoms with van der Waals surface area (Å²) >= 11 is 1.38. The molecular weight excluding hydrogens is 288 g/mol. The molecule has 1 heterocycles. The van der Waals surface area contributed by atoms with Crippen molar-refractivity contribution in [2.75, 3.05) is 11.2 Å². The molecule has 0 atom stereocenters. The number of nitrogens with zero attached hydrogens (tertiary/aromatic N) is 2. The van der Waals surface area contributed by atoms with Gasteiger partial charge in [0.05, 0.1) is 6.21 Å². The molecule has 21 heavy (non-hydrogen) atoms. The maximum atomic E-state index is 11.4. The number of nitrogen functional groups attached to an aromatic ring is 1. The Morgan fingerprint density at radius 2 is 2.24 bits per heavy atom. The second kappa shape index (κ2) is 7.39.